The summed E-state index contributed by atoms with van der Waals surface area (Å²) in [6, 6.07) is 4.10. The fourth-order valence-corrected chi connectivity index (χ4v) is 3.49. The van der Waals surface area contributed by atoms with Gasteiger partial charge in [-0.1, -0.05) is 39.3 Å². The lowest BCUT2D eigenvalue weighted by atomic mass is 9.95. The third-order valence-electron chi connectivity index (χ3n) is 5.25. The molecule has 30 heavy (non-hydrogen) atoms. The molecular weight excluding hydrogens is 370 g/mol. The van der Waals surface area contributed by atoms with Crippen LogP contribution in [0.2, 0.25) is 0 Å². The Kier molecular flexibility index (Phi) is 8.28. The van der Waals surface area contributed by atoms with Crippen LogP contribution in [-0.4, -0.2) is 20.7 Å². The number of nitrogens with one attached hydrogen (secondary N) is 1. The highest BCUT2D eigenvalue weighted by atomic mass is 16.1. The Bertz CT molecular complexity index is 1130. The Morgan fingerprint density at radius 1 is 1.10 bits per heavy atom. The molecule has 3 aromatic heterocycles. The van der Waals surface area contributed by atoms with E-state index in [0.717, 1.165) is 56.2 Å². The van der Waals surface area contributed by atoms with Gasteiger partial charge in [-0.25, -0.2) is 9.97 Å². The lowest BCUT2D eigenvalue weighted by Gasteiger charge is -2.12. The standard InChI is InChI=1S/C24H27N3O.C2H6/c1-6-15(4)20(23(28)8-3)11-16(5)18(7-2)22-12-17-13-27-24-19(9-10-25-24)21(17)14-26-22;1-2/h7,9-14,26H,6,8H2,1-5H3;1-2H3/b16-11-,18-7+,20-15-;. The number of Topliss-reactive ketones (excluding diaryl/α,β-unsaturated/α-hetero) is 1. The van der Waals surface area contributed by atoms with Gasteiger partial charge in [0.1, 0.15) is 0 Å². The quantitative estimate of drug-likeness (QED) is 0.350. The highest BCUT2D eigenvalue weighted by molar-refractivity contribution is 6.05. The number of hydrogen-bond donors (Lipinski definition) is 1. The predicted octanol–water partition coefficient (Wildman–Crippen LogP) is 7.19. The van der Waals surface area contributed by atoms with E-state index in [2.05, 4.69) is 40.9 Å². The number of carbonyl (C=O) groups is 1. The molecule has 0 atom stereocenters. The molecule has 0 aromatic carbocycles. The number of nitrogens with zero attached hydrogens (tertiary/aromatic N) is 2. The second kappa shape index (κ2) is 10.7. The van der Waals surface area contributed by atoms with Crippen LogP contribution in [0.25, 0.3) is 27.4 Å². The number of rotatable bonds is 6. The van der Waals surface area contributed by atoms with Crippen molar-refractivity contribution < 1.29 is 4.79 Å². The summed E-state index contributed by atoms with van der Waals surface area (Å²) in [6.45, 7) is 14.1. The van der Waals surface area contributed by atoms with Gasteiger partial charge in [-0.2, -0.15) is 0 Å². The van der Waals surface area contributed by atoms with Crippen molar-refractivity contribution >= 4 is 33.2 Å². The predicted molar refractivity (Wildman–Crippen MR) is 128 cm³/mol. The van der Waals surface area contributed by atoms with Crippen LogP contribution >= 0.6 is 0 Å². The molecule has 0 spiro atoms. The molecule has 0 aliphatic rings. The molecular formula is C26H33N3O. The number of H-pyrrole nitrogens is 1. The minimum absolute atomic E-state index is 0.187. The number of hydrogen-bond acceptors (Lipinski definition) is 3. The molecule has 0 aliphatic heterocycles. The highest BCUT2D eigenvalue weighted by Crippen LogP contribution is 2.28. The molecule has 0 unspecified atom stereocenters. The van der Waals surface area contributed by atoms with Crippen molar-refractivity contribution in [3.63, 3.8) is 0 Å². The van der Waals surface area contributed by atoms with Crippen LogP contribution < -0.4 is 0 Å². The van der Waals surface area contributed by atoms with Crippen molar-refractivity contribution in [3.05, 3.63) is 65.3 Å². The van der Waals surface area contributed by atoms with Crippen LogP contribution in [0, 0.1) is 0 Å². The van der Waals surface area contributed by atoms with Crippen LogP contribution in [0.1, 0.15) is 67.0 Å². The molecule has 3 heterocycles. The Labute approximate surface area is 179 Å². The SMILES string of the molecule is CC.C\C=C(/C(C)=C\C(C(=O)CC)=C(/C)CC)c1cc2cnc3nccc3c2c[nH]1. The molecule has 1 N–H and O–H groups in total. The van der Waals surface area contributed by atoms with Crippen LogP contribution in [0.5, 0.6) is 0 Å². The highest BCUT2D eigenvalue weighted by Gasteiger charge is 2.12. The fourth-order valence-electron chi connectivity index (χ4n) is 3.49. The van der Waals surface area contributed by atoms with Gasteiger partial charge in [0.15, 0.2) is 11.4 Å². The molecule has 0 bridgehead atoms. The summed E-state index contributed by atoms with van der Waals surface area (Å²) in [7, 11) is 0. The number of allylic oxidation sites excluding steroid dienone is 6. The van der Waals surface area contributed by atoms with Crippen LogP contribution in [0.4, 0.5) is 0 Å². The fraction of sp³-hybridized carbons (Fsp3) is 0.346. The minimum atomic E-state index is 0.187. The summed E-state index contributed by atoms with van der Waals surface area (Å²) < 4.78 is 0. The molecule has 0 saturated carbocycles. The molecule has 4 heteroatoms. The van der Waals surface area contributed by atoms with E-state index in [0.29, 0.717) is 6.42 Å². The van der Waals surface area contributed by atoms with Crippen molar-refractivity contribution in [2.75, 3.05) is 0 Å². The van der Waals surface area contributed by atoms with E-state index in [4.69, 9.17) is 0 Å². The van der Waals surface area contributed by atoms with Gasteiger partial charge in [-0.05, 0) is 56.5 Å². The van der Waals surface area contributed by atoms with Crippen LogP contribution in [0.15, 0.2) is 59.6 Å². The van der Waals surface area contributed by atoms with Crippen molar-refractivity contribution in [2.24, 2.45) is 0 Å². The van der Waals surface area contributed by atoms with E-state index in [1.54, 1.807) is 6.20 Å². The van der Waals surface area contributed by atoms with Crippen molar-refractivity contribution in [1.82, 2.24) is 15.0 Å². The van der Waals surface area contributed by atoms with E-state index < -0.39 is 0 Å². The van der Waals surface area contributed by atoms with Gasteiger partial charge in [0.2, 0.25) is 0 Å². The van der Waals surface area contributed by atoms with E-state index >= 15 is 0 Å². The number of carbonyl (C=O) groups excluding carboxylic acids is 1. The van der Waals surface area contributed by atoms with Crippen LogP contribution in [-0.2, 0) is 4.79 Å². The summed E-state index contributed by atoms with van der Waals surface area (Å²) in [5.41, 5.74) is 5.86. The van der Waals surface area contributed by atoms with Gasteiger partial charge < -0.3 is 4.98 Å². The average molecular weight is 404 g/mol. The zero-order valence-corrected chi connectivity index (χ0v) is 19.3. The smallest absolute Gasteiger partial charge is 0.162 e. The van der Waals surface area contributed by atoms with E-state index in [9.17, 15) is 4.79 Å². The Morgan fingerprint density at radius 2 is 1.83 bits per heavy atom. The Hall–Kier alpha value is -3.01. The molecule has 0 radical (unpaired) electrons. The molecule has 158 valence electrons. The van der Waals surface area contributed by atoms with Crippen LogP contribution in [0.3, 0.4) is 0 Å². The maximum absolute atomic E-state index is 12.4. The zero-order valence-electron chi connectivity index (χ0n) is 19.3. The molecule has 0 fully saturated rings. The first-order valence-electron chi connectivity index (χ1n) is 10.8. The second-order valence-electron chi connectivity index (χ2n) is 7.01. The average Bonchev–Trinajstić information content (AvgIpc) is 3.27. The van der Waals surface area contributed by atoms with Gasteiger partial charge in [-0.3, -0.25) is 4.79 Å². The summed E-state index contributed by atoms with van der Waals surface area (Å²) in [5, 5.41) is 3.21. The van der Waals surface area contributed by atoms with Gasteiger partial charge in [0, 0.05) is 52.4 Å². The van der Waals surface area contributed by atoms with E-state index in [1.165, 1.54) is 0 Å². The molecule has 0 saturated heterocycles. The summed E-state index contributed by atoms with van der Waals surface area (Å²) >= 11 is 0. The molecule has 3 aromatic rings. The normalized spacial score (nSPS) is 13.2. The summed E-state index contributed by atoms with van der Waals surface area (Å²) in [5.74, 6) is 0.187. The second-order valence-corrected chi connectivity index (χ2v) is 7.01. The lowest BCUT2D eigenvalue weighted by molar-refractivity contribution is -0.115. The first-order valence-corrected chi connectivity index (χ1v) is 10.8. The van der Waals surface area contributed by atoms with Gasteiger partial charge in [0.05, 0.1) is 0 Å². The number of fused-ring (bicyclic) bond motifs is 3. The van der Waals surface area contributed by atoms with Crippen molar-refractivity contribution in [3.8, 4) is 0 Å². The van der Waals surface area contributed by atoms with Gasteiger partial charge >= 0.3 is 0 Å². The lowest BCUT2D eigenvalue weighted by Crippen LogP contribution is -2.02. The third kappa shape index (κ3) is 4.76. The molecule has 4 nitrogen and oxygen atoms in total. The third-order valence-corrected chi connectivity index (χ3v) is 5.25. The number of aromatic nitrogens is 3. The van der Waals surface area contributed by atoms with E-state index in [1.807, 2.05) is 59.2 Å². The zero-order chi connectivity index (χ0) is 22.3. The largest absolute Gasteiger partial charge is 0.361 e. The Balaban J connectivity index is 0.00000155. The summed E-state index contributed by atoms with van der Waals surface area (Å²) in [4.78, 5) is 24.6. The molecule has 0 aliphatic carbocycles. The first-order chi connectivity index (χ1) is 14.5. The summed E-state index contributed by atoms with van der Waals surface area (Å²) in [6.07, 6.45) is 11.1. The minimum Gasteiger partial charge on any atom is -0.361 e. The monoisotopic (exact) mass is 403 g/mol. The molecule has 3 rings (SSSR count). The maximum Gasteiger partial charge on any atom is 0.162 e. The van der Waals surface area contributed by atoms with Gasteiger partial charge in [0.25, 0.3) is 0 Å². The number of pyridine rings is 2. The Morgan fingerprint density at radius 3 is 2.47 bits per heavy atom. The number of aromatic amines is 1. The first kappa shape index (κ1) is 23.3. The maximum atomic E-state index is 12.4. The van der Waals surface area contributed by atoms with E-state index in [-0.39, 0.29) is 5.78 Å². The van der Waals surface area contributed by atoms with Crippen molar-refractivity contribution in [2.45, 2.75) is 61.3 Å². The molecule has 0 amide bonds. The van der Waals surface area contributed by atoms with Gasteiger partial charge in [-0.15, -0.1) is 0 Å². The van der Waals surface area contributed by atoms with Crippen molar-refractivity contribution in [1.29, 1.82) is 0 Å². The topological polar surface area (TPSA) is 58.6 Å². The number of ketones is 1.